The number of nitrogens with zero attached hydrogens (tertiary/aromatic N) is 3. The number of anilines is 2. The zero-order valence-corrected chi connectivity index (χ0v) is 15.6. The molecule has 8 heteroatoms. The number of hydrogen-bond donors (Lipinski definition) is 2. The summed E-state index contributed by atoms with van der Waals surface area (Å²) in [4.78, 5) is 30.1. The molecule has 0 atom stereocenters. The molecule has 7 nitrogen and oxygen atoms in total. The van der Waals surface area contributed by atoms with Crippen molar-refractivity contribution in [3.8, 4) is 11.8 Å². The van der Waals surface area contributed by atoms with Crippen molar-refractivity contribution >= 4 is 33.1 Å². The molecule has 0 aliphatic rings. The molecular weight excluding hydrogens is 350 g/mol. The molecule has 0 spiro atoms. The van der Waals surface area contributed by atoms with Crippen molar-refractivity contribution in [2.45, 2.75) is 13.5 Å². The average Bonchev–Trinajstić information content (AvgIpc) is 3.06. The van der Waals surface area contributed by atoms with E-state index >= 15 is 0 Å². The third-order valence-corrected chi connectivity index (χ3v) is 4.97. The lowest BCUT2D eigenvalue weighted by Gasteiger charge is -2.16. The van der Waals surface area contributed by atoms with Crippen molar-refractivity contribution < 1.29 is 0 Å². The molecule has 0 radical (unpaired) electrons. The minimum absolute atomic E-state index is 0.128. The van der Waals surface area contributed by atoms with Gasteiger partial charge in [0.2, 0.25) is 0 Å². The molecule has 1 aromatic carbocycles. The molecule has 0 saturated heterocycles. The predicted octanol–water partition coefficient (Wildman–Crippen LogP) is 1.68. The van der Waals surface area contributed by atoms with Crippen molar-refractivity contribution in [2.24, 2.45) is 7.05 Å². The van der Waals surface area contributed by atoms with Crippen molar-refractivity contribution in [3.05, 3.63) is 50.1 Å². The van der Waals surface area contributed by atoms with Crippen molar-refractivity contribution in [1.29, 1.82) is 0 Å². The number of aromatic nitrogens is 3. The molecule has 0 aliphatic heterocycles. The van der Waals surface area contributed by atoms with Crippen molar-refractivity contribution in [3.63, 3.8) is 0 Å². The van der Waals surface area contributed by atoms with Gasteiger partial charge >= 0.3 is 5.69 Å². The molecule has 0 saturated carbocycles. The first-order valence-corrected chi connectivity index (χ1v) is 8.88. The summed E-state index contributed by atoms with van der Waals surface area (Å²) in [7, 11) is 3.29. The van der Waals surface area contributed by atoms with Gasteiger partial charge in [0.25, 0.3) is 5.56 Å². The molecule has 3 rings (SSSR count). The van der Waals surface area contributed by atoms with Gasteiger partial charge in [-0.25, -0.2) is 9.78 Å². The highest BCUT2D eigenvalue weighted by Gasteiger charge is 2.17. The Morgan fingerprint density at radius 1 is 1.27 bits per heavy atom. The third-order valence-electron chi connectivity index (χ3n) is 3.95. The van der Waals surface area contributed by atoms with Crippen LogP contribution in [0.4, 0.5) is 11.5 Å². The van der Waals surface area contributed by atoms with Gasteiger partial charge in [-0.15, -0.1) is 17.3 Å². The summed E-state index contributed by atoms with van der Waals surface area (Å²) in [5, 5.41) is 6.63. The highest BCUT2D eigenvalue weighted by molar-refractivity contribution is 7.18. The Labute approximate surface area is 154 Å². The van der Waals surface area contributed by atoms with Crippen LogP contribution in [0.25, 0.3) is 10.2 Å². The largest absolute Gasteiger partial charge is 0.373 e. The number of benzene rings is 1. The van der Waals surface area contributed by atoms with Crippen LogP contribution in [-0.4, -0.2) is 27.7 Å². The Morgan fingerprint density at radius 3 is 2.73 bits per heavy atom. The molecule has 134 valence electrons. The van der Waals surface area contributed by atoms with E-state index in [0.29, 0.717) is 23.1 Å². The van der Waals surface area contributed by atoms with Crippen LogP contribution >= 0.6 is 11.3 Å². The lowest BCUT2D eigenvalue weighted by molar-refractivity contribution is 0.645. The molecule has 0 amide bonds. The molecule has 2 heterocycles. The fourth-order valence-corrected chi connectivity index (χ4v) is 3.66. The van der Waals surface area contributed by atoms with Gasteiger partial charge in [-0.1, -0.05) is 18.1 Å². The van der Waals surface area contributed by atoms with Crippen LogP contribution in [0.3, 0.4) is 0 Å². The summed E-state index contributed by atoms with van der Waals surface area (Å²) < 4.78 is 3.63. The minimum Gasteiger partial charge on any atom is -0.373 e. The Kier molecular flexibility index (Phi) is 5.09. The highest BCUT2D eigenvalue weighted by atomic mass is 32.1. The lowest BCUT2D eigenvalue weighted by atomic mass is 10.3. The number of rotatable bonds is 5. The van der Waals surface area contributed by atoms with Gasteiger partial charge in [-0.3, -0.25) is 13.9 Å². The quantitative estimate of drug-likeness (QED) is 0.669. The fourth-order valence-electron chi connectivity index (χ4n) is 2.70. The topological polar surface area (TPSA) is 81.0 Å². The maximum atomic E-state index is 12.9. The summed E-state index contributed by atoms with van der Waals surface area (Å²) in [6.45, 7) is 2.18. The van der Waals surface area contributed by atoms with Gasteiger partial charge in [-0.05, 0) is 19.1 Å². The van der Waals surface area contributed by atoms with Crippen LogP contribution in [0.2, 0.25) is 0 Å². The number of nitrogens with one attached hydrogen (secondary N) is 2. The predicted molar refractivity (Wildman–Crippen MR) is 106 cm³/mol. The second-order valence-electron chi connectivity index (χ2n) is 5.56. The Morgan fingerprint density at radius 2 is 2.04 bits per heavy atom. The zero-order valence-electron chi connectivity index (χ0n) is 14.8. The van der Waals surface area contributed by atoms with E-state index < -0.39 is 11.2 Å². The first kappa shape index (κ1) is 17.8. The van der Waals surface area contributed by atoms with Gasteiger partial charge < -0.3 is 10.6 Å². The van der Waals surface area contributed by atoms with Crippen molar-refractivity contribution in [1.82, 2.24) is 14.1 Å². The molecule has 0 unspecified atom stereocenters. The van der Waals surface area contributed by atoms with Crippen molar-refractivity contribution in [2.75, 3.05) is 24.2 Å². The minimum atomic E-state index is -0.397. The molecule has 2 N–H and O–H groups in total. The molecule has 3 aromatic rings. The van der Waals surface area contributed by atoms with E-state index in [2.05, 4.69) is 27.5 Å². The van der Waals surface area contributed by atoms with E-state index in [1.807, 2.05) is 24.3 Å². The number of hydrogen-bond acceptors (Lipinski definition) is 6. The normalized spacial score (nSPS) is 10.4. The van der Waals surface area contributed by atoms with Crippen LogP contribution < -0.4 is 21.9 Å². The van der Waals surface area contributed by atoms with E-state index in [9.17, 15) is 9.59 Å². The van der Waals surface area contributed by atoms with Crippen LogP contribution in [0.5, 0.6) is 0 Å². The van der Waals surface area contributed by atoms with E-state index in [0.717, 1.165) is 10.2 Å². The van der Waals surface area contributed by atoms with Gasteiger partial charge in [0.15, 0.2) is 0 Å². The van der Waals surface area contributed by atoms with Crippen LogP contribution in [0, 0.1) is 11.8 Å². The van der Waals surface area contributed by atoms with Crippen LogP contribution in [-0.2, 0) is 13.6 Å². The summed E-state index contributed by atoms with van der Waals surface area (Å²) in [6, 6.07) is 7.73. The van der Waals surface area contributed by atoms with E-state index in [4.69, 9.17) is 0 Å². The average molecular weight is 369 g/mol. The van der Waals surface area contributed by atoms with Gasteiger partial charge in [0, 0.05) is 14.1 Å². The number of thiazole rings is 1. The Hall–Kier alpha value is -3.05. The first-order chi connectivity index (χ1) is 12.6. The third kappa shape index (κ3) is 3.21. The van der Waals surface area contributed by atoms with E-state index in [1.54, 1.807) is 21.0 Å². The summed E-state index contributed by atoms with van der Waals surface area (Å²) in [5.41, 5.74) is 0.389. The van der Waals surface area contributed by atoms with Gasteiger partial charge in [0.05, 0.1) is 23.3 Å². The smallest absolute Gasteiger partial charge is 0.332 e. The summed E-state index contributed by atoms with van der Waals surface area (Å²) >= 11 is 1.48. The molecule has 26 heavy (non-hydrogen) atoms. The first-order valence-electron chi connectivity index (χ1n) is 8.06. The van der Waals surface area contributed by atoms with Gasteiger partial charge in [-0.2, -0.15) is 0 Å². The zero-order chi connectivity index (χ0) is 18.7. The SMILES string of the molecule is CC#CCNc1c(NC)n(C)c(=O)n(Cc2nc3ccccc3s2)c1=O. The molecule has 0 fully saturated rings. The molecule has 0 bridgehead atoms. The standard InChI is InChI=1S/C18H19N5O2S/c1-4-5-10-20-15-16(19-2)22(3)18(25)23(17(15)24)11-14-21-12-8-6-7-9-13(12)26-14/h6-9,19-20H,10-11H2,1-3H3. The van der Waals surface area contributed by atoms with E-state index in [1.165, 1.54) is 20.5 Å². The molecular formula is C18H19N5O2S. The second-order valence-corrected chi connectivity index (χ2v) is 6.68. The Balaban J connectivity index is 2.09. The number of para-hydroxylation sites is 1. The monoisotopic (exact) mass is 369 g/mol. The maximum Gasteiger partial charge on any atom is 0.332 e. The molecule has 0 aliphatic carbocycles. The van der Waals surface area contributed by atoms with Crippen LogP contribution in [0.1, 0.15) is 11.9 Å². The van der Waals surface area contributed by atoms with Gasteiger partial charge in [0.1, 0.15) is 16.5 Å². The summed E-state index contributed by atoms with van der Waals surface area (Å²) in [6.07, 6.45) is 0. The molecule has 2 aromatic heterocycles. The lowest BCUT2D eigenvalue weighted by Crippen LogP contribution is -2.41. The summed E-state index contributed by atoms with van der Waals surface area (Å²) in [5.74, 6) is 6.06. The highest BCUT2D eigenvalue weighted by Crippen LogP contribution is 2.22. The van der Waals surface area contributed by atoms with E-state index in [-0.39, 0.29) is 6.54 Å². The fraction of sp³-hybridized carbons (Fsp3) is 0.278. The maximum absolute atomic E-state index is 12.9. The number of fused-ring (bicyclic) bond motifs is 1. The van der Waals surface area contributed by atoms with Crippen LogP contribution in [0.15, 0.2) is 33.9 Å². The second kappa shape index (κ2) is 7.45. The Bertz CT molecular complexity index is 1100.